The van der Waals surface area contributed by atoms with Crippen LogP contribution in [-0.4, -0.2) is 0 Å². The predicted octanol–water partition coefficient (Wildman–Crippen LogP) is 9.48. The summed E-state index contributed by atoms with van der Waals surface area (Å²) in [5.41, 5.74) is 21.4. The highest BCUT2D eigenvalue weighted by Crippen LogP contribution is 2.38. The third kappa shape index (κ3) is 8.23. The fraction of sp³-hybridized carbons (Fsp3) is 0.351. The van der Waals surface area contributed by atoms with E-state index in [1.54, 1.807) is 0 Å². The molecule has 0 saturated heterocycles. The van der Waals surface area contributed by atoms with Crippen LogP contribution in [0, 0.1) is 0 Å². The SMILES string of the molecule is CCCCCCCCCC(C)(c1ccc(Cc2ccc(N)cc2)cc1)c1ccc(Cc2ccc(N)cc2)cc1. The lowest BCUT2D eigenvalue weighted by Gasteiger charge is -2.32. The highest BCUT2D eigenvalue weighted by Gasteiger charge is 2.28. The lowest BCUT2D eigenvalue weighted by atomic mass is 9.72. The van der Waals surface area contributed by atoms with Gasteiger partial charge in [0.25, 0.3) is 0 Å². The molecule has 4 rings (SSSR count). The van der Waals surface area contributed by atoms with Crippen LogP contribution < -0.4 is 11.5 Å². The van der Waals surface area contributed by atoms with Gasteiger partial charge < -0.3 is 11.5 Å². The summed E-state index contributed by atoms with van der Waals surface area (Å²) < 4.78 is 0. The van der Waals surface area contributed by atoms with E-state index in [0.717, 1.165) is 30.6 Å². The molecule has 4 N–H and O–H groups in total. The quantitative estimate of drug-likeness (QED) is 0.129. The first-order chi connectivity index (χ1) is 19.0. The Morgan fingerprint density at radius 1 is 0.462 bits per heavy atom. The van der Waals surface area contributed by atoms with Crippen LogP contribution in [0.1, 0.15) is 98.6 Å². The minimum atomic E-state index is -0.0110. The van der Waals surface area contributed by atoms with Gasteiger partial charge in [0.15, 0.2) is 0 Å². The van der Waals surface area contributed by atoms with Gasteiger partial charge >= 0.3 is 0 Å². The summed E-state index contributed by atoms with van der Waals surface area (Å²) in [6.07, 6.45) is 12.3. The molecule has 0 spiro atoms. The second kappa shape index (κ2) is 14.0. The Morgan fingerprint density at radius 3 is 1.18 bits per heavy atom. The Bertz CT molecular complexity index is 1160. The van der Waals surface area contributed by atoms with Crippen molar-refractivity contribution in [2.75, 3.05) is 11.5 Å². The molecular formula is C37H46N2. The third-order valence-corrected chi connectivity index (χ3v) is 8.24. The molecule has 0 fully saturated rings. The molecule has 39 heavy (non-hydrogen) atoms. The van der Waals surface area contributed by atoms with E-state index in [9.17, 15) is 0 Å². The average molecular weight is 519 g/mol. The fourth-order valence-electron chi connectivity index (χ4n) is 5.61. The van der Waals surface area contributed by atoms with Crippen LogP contribution in [0.5, 0.6) is 0 Å². The minimum Gasteiger partial charge on any atom is -0.399 e. The van der Waals surface area contributed by atoms with Gasteiger partial charge in [-0.2, -0.15) is 0 Å². The van der Waals surface area contributed by atoms with E-state index < -0.39 is 0 Å². The first-order valence-electron chi connectivity index (χ1n) is 14.8. The summed E-state index contributed by atoms with van der Waals surface area (Å²) in [7, 11) is 0. The number of anilines is 2. The average Bonchev–Trinajstić information content (AvgIpc) is 2.96. The van der Waals surface area contributed by atoms with Crippen LogP contribution >= 0.6 is 0 Å². The van der Waals surface area contributed by atoms with Crippen molar-refractivity contribution in [2.24, 2.45) is 0 Å². The molecule has 2 heteroatoms. The third-order valence-electron chi connectivity index (χ3n) is 8.24. The standard InChI is InChI=1S/C37H46N2/c1-3-4-5-6-7-8-9-26-37(2,33-18-10-29(11-19-33)27-31-14-22-35(38)23-15-31)34-20-12-30(13-21-34)28-32-16-24-36(39)25-17-32/h10-25H,3-9,26-28,38-39H2,1-2H3. The molecule has 0 aliphatic heterocycles. The van der Waals surface area contributed by atoms with E-state index in [4.69, 9.17) is 11.5 Å². The molecule has 0 aliphatic carbocycles. The Hall–Kier alpha value is -3.52. The first kappa shape index (κ1) is 28.5. The molecule has 0 aromatic heterocycles. The Morgan fingerprint density at radius 2 is 0.795 bits per heavy atom. The van der Waals surface area contributed by atoms with Gasteiger partial charge in [-0.3, -0.25) is 0 Å². The van der Waals surface area contributed by atoms with E-state index in [1.807, 2.05) is 24.3 Å². The van der Waals surface area contributed by atoms with Gasteiger partial charge in [-0.05, 0) is 76.9 Å². The second-order valence-corrected chi connectivity index (χ2v) is 11.4. The molecule has 204 valence electrons. The molecule has 0 unspecified atom stereocenters. The predicted molar refractivity (Wildman–Crippen MR) is 169 cm³/mol. The number of nitrogen functional groups attached to an aromatic ring is 2. The summed E-state index contributed by atoms with van der Waals surface area (Å²) in [6.45, 7) is 4.72. The Balaban J connectivity index is 1.49. The molecule has 0 heterocycles. The number of hydrogen-bond acceptors (Lipinski definition) is 2. The zero-order valence-corrected chi connectivity index (χ0v) is 24.0. The van der Waals surface area contributed by atoms with Crippen LogP contribution in [0.15, 0.2) is 97.1 Å². The van der Waals surface area contributed by atoms with Gasteiger partial charge in [0.2, 0.25) is 0 Å². The monoisotopic (exact) mass is 518 g/mol. The van der Waals surface area contributed by atoms with Crippen molar-refractivity contribution in [1.29, 1.82) is 0 Å². The first-order valence-corrected chi connectivity index (χ1v) is 14.8. The highest BCUT2D eigenvalue weighted by atomic mass is 14.5. The van der Waals surface area contributed by atoms with Crippen molar-refractivity contribution in [3.8, 4) is 0 Å². The summed E-state index contributed by atoms with van der Waals surface area (Å²) >= 11 is 0. The van der Waals surface area contributed by atoms with Gasteiger partial charge in [-0.15, -0.1) is 0 Å². The van der Waals surface area contributed by atoms with Crippen molar-refractivity contribution in [2.45, 2.75) is 83.5 Å². The number of nitrogens with two attached hydrogens (primary N) is 2. The van der Waals surface area contributed by atoms with E-state index in [0.29, 0.717) is 0 Å². The minimum absolute atomic E-state index is 0.0110. The molecule has 4 aromatic rings. The maximum Gasteiger partial charge on any atom is 0.0314 e. The highest BCUT2D eigenvalue weighted by molar-refractivity contribution is 5.44. The largest absolute Gasteiger partial charge is 0.399 e. The topological polar surface area (TPSA) is 52.0 Å². The summed E-state index contributed by atoms with van der Waals surface area (Å²) in [6, 6.07) is 35.1. The van der Waals surface area contributed by atoms with Gasteiger partial charge in [0.05, 0.1) is 0 Å². The smallest absolute Gasteiger partial charge is 0.0314 e. The summed E-state index contributed by atoms with van der Waals surface area (Å²) in [5.74, 6) is 0. The molecule has 0 bridgehead atoms. The fourth-order valence-corrected chi connectivity index (χ4v) is 5.61. The van der Waals surface area contributed by atoms with Gasteiger partial charge in [0.1, 0.15) is 0 Å². The van der Waals surface area contributed by atoms with Gasteiger partial charge in [0, 0.05) is 16.8 Å². The van der Waals surface area contributed by atoms with Crippen LogP contribution in [0.2, 0.25) is 0 Å². The van der Waals surface area contributed by atoms with E-state index in [-0.39, 0.29) is 5.41 Å². The van der Waals surface area contributed by atoms with Crippen molar-refractivity contribution in [3.63, 3.8) is 0 Å². The zero-order valence-electron chi connectivity index (χ0n) is 24.0. The maximum absolute atomic E-state index is 5.87. The molecule has 2 nitrogen and oxygen atoms in total. The lowest BCUT2D eigenvalue weighted by molar-refractivity contribution is 0.471. The van der Waals surface area contributed by atoms with Crippen molar-refractivity contribution >= 4 is 11.4 Å². The number of hydrogen-bond donors (Lipinski definition) is 2. The van der Waals surface area contributed by atoms with Gasteiger partial charge in [-0.25, -0.2) is 0 Å². The molecule has 4 aromatic carbocycles. The summed E-state index contributed by atoms with van der Waals surface area (Å²) in [4.78, 5) is 0. The van der Waals surface area contributed by atoms with Gasteiger partial charge in [-0.1, -0.05) is 132 Å². The normalized spacial score (nSPS) is 11.5. The lowest BCUT2D eigenvalue weighted by Crippen LogP contribution is -2.24. The molecule has 0 atom stereocenters. The maximum atomic E-state index is 5.87. The number of unbranched alkanes of at least 4 members (excludes halogenated alkanes) is 6. The zero-order chi connectivity index (χ0) is 27.5. The van der Waals surface area contributed by atoms with E-state index >= 15 is 0 Å². The number of rotatable bonds is 14. The summed E-state index contributed by atoms with van der Waals surface area (Å²) in [5, 5.41) is 0. The number of benzene rings is 4. The molecule has 0 aliphatic rings. The van der Waals surface area contributed by atoms with Crippen molar-refractivity contribution < 1.29 is 0 Å². The van der Waals surface area contributed by atoms with Crippen LogP contribution in [-0.2, 0) is 18.3 Å². The molecule has 0 amide bonds. The van der Waals surface area contributed by atoms with E-state index in [1.165, 1.54) is 78.3 Å². The Kier molecular flexibility index (Phi) is 10.3. The van der Waals surface area contributed by atoms with E-state index in [2.05, 4.69) is 86.6 Å². The molecule has 0 radical (unpaired) electrons. The molecular weight excluding hydrogens is 472 g/mol. The second-order valence-electron chi connectivity index (χ2n) is 11.4. The van der Waals surface area contributed by atoms with Crippen molar-refractivity contribution in [1.82, 2.24) is 0 Å². The van der Waals surface area contributed by atoms with Crippen LogP contribution in [0.3, 0.4) is 0 Å². The van der Waals surface area contributed by atoms with Crippen LogP contribution in [0.25, 0.3) is 0 Å². The molecule has 0 saturated carbocycles. The van der Waals surface area contributed by atoms with Crippen molar-refractivity contribution in [3.05, 3.63) is 130 Å². The van der Waals surface area contributed by atoms with Crippen LogP contribution in [0.4, 0.5) is 11.4 Å². The Labute approximate surface area is 236 Å².